The Labute approximate surface area is 85.1 Å². The van der Waals surface area contributed by atoms with Crippen LogP contribution in [0.3, 0.4) is 0 Å². The summed E-state index contributed by atoms with van der Waals surface area (Å²) in [5, 5.41) is 7.98. The quantitative estimate of drug-likeness (QED) is 0.572. The van der Waals surface area contributed by atoms with Crippen molar-refractivity contribution in [3.05, 3.63) is 35.9 Å². The van der Waals surface area contributed by atoms with Crippen LogP contribution in [0.1, 0.15) is 18.4 Å². The van der Waals surface area contributed by atoms with Crippen molar-refractivity contribution in [3.8, 4) is 0 Å². The highest BCUT2D eigenvalue weighted by Crippen LogP contribution is 2.29. The van der Waals surface area contributed by atoms with Crippen molar-refractivity contribution in [1.82, 2.24) is 4.90 Å². The summed E-state index contributed by atoms with van der Waals surface area (Å²) in [5.74, 6) is 1.47. The minimum atomic E-state index is 0.637. The molecule has 1 aliphatic carbocycles. The van der Waals surface area contributed by atoms with Gasteiger partial charge in [0.15, 0.2) is 0 Å². The fourth-order valence-electron chi connectivity index (χ4n) is 1.60. The first-order valence-corrected chi connectivity index (χ1v) is 5.12. The lowest BCUT2D eigenvalue weighted by Gasteiger charge is -2.19. The van der Waals surface area contributed by atoms with Crippen molar-refractivity contribution in [3.63, 3.8) is 0 Å². The van der Waals surface area contributed by atoms with Crippen molar-refractivity contribution >= 4 is 5.84 Å². The van der Waals surface area contributed by atoms with Gasteiger partial charge in [0, 0.05) is 19.2 Å². The lowest BCUT2D eigenvalue weighted by Crippen LogP contribution is -2.28. The summed E-state index contributed by atoms with van der Waals surface area (Å²) in [6, 6.07) is 9.93. The molecule has 1 aromatic rings. The molecule has 2 heteroatoms. The molecule has 1 fully saturated rings. The van der Waals surface area contributed by atoms with Crippen molar-refractivity contribution in [1.29, 1.82) is 5.41 Å². The maximum atomic E-state index is 7.98. The summed E-state index contributed by atoms with van der Waals surface area (Å²) in [7, 11) is 2.01. The summed E-state index contributed by atoms with van der Waals surface area (Å²) in [5.41, 5.74) is 1.01. The van der Waals surface area contributed by atoms with Gasteiger partial charge in [0.2, 0.25) is 0 Å². The minimum absolute atomic E-state index is 0.637. The third kappa shape index (κ3) is 2.13. The molecular weight excluding hydrogens is 172 g/mol. The zero-order chi connectivity index (χ0) is 9.97. The molecule has 0 unspecified atom stereocenters. The molecule has 0 saturated heterocycles. The normalized spacial score (nSPS) is 15.2. The second-order valence-corrected chi connectivity index (χ2v) is 4.04. The molecule has 1 aliphatic rings. The van der Waals surface area contributed by atoms with E-state index in [1.165, 1.54) is 12.8 Å². The second-order valence-electron chi connectivity index (χ2n) is 4.04. The Morgan fingerprint density at radius 1 is 1.36 bits per heavy atom. The van der Waals surface area contributed by atoms with E-state index < -0.39 is 0 Å². The first-order chi connectivity index (χ1) is 6.77. The Bertz CT molecular complexity index is 314. The van der Waals surface area contributed by atoms with Gasteiger partial charge in [0.1, 0.15) is 5.84 Å². The Balaban J connectivity index is 1.99. The van der Waals surface area contributed by atoms with E-state index >= 15 is 0 Å². The van der Waals surface area contributed by atoms with Crippen LogP contribution in [-0.2, 0) is 0 Å². The van der Waals surface area contributed by atoms with E-state index in [1.54, 1.807) is 0 Å². The first kappa shape index (κ1) is 9.25. The molecule has 0 amide bonds. The fraction of sp³-hybridized carbons (Fsp3) is 0.417. The van der Waals surface area contributed by atoms with E-state index in [1.807, 2.05) is 42.3 Å². The van der Waals surface area contributed by atoms with E-state index in [0.717, 1.165) is 18.0 Å². The van der Waals surface area contributed by atoms with Gasteiger partial charge >= 0.3 is 0 Å². The SMILES string of the molecule is CN(CC1CC1)C(=N)c1ccccc1. The van der Waals surface area contributed by atoms with Gasteiger partial charge in [-0.25, -0.2) is 0 Å². The molecule has 0 spiro atoms. The number of benzene rings is 1. The van der Waals surface area contributed by atoms with Gasteiger partial charge in [-0.2, -0.15) is 0 Å². The lowest BCUT2D eigenvalue weighted by molar-refractivity contribution is 0.473. The molecule has 0 aromatic heterocycles. The Kier molecular flexibility index (Phi) is 2.53. The van der Waals surface area contributed by atoms with Crippen LogP contribution >= 0.6 is 0 Å². The van der Waals surface area contributed by atoms with Gasteiger partial charge in [-0.15, -0.1) is 0 Å². The number of hydrogen-bond acceptors (Lipinski definition) is 1. The van der Waals surface area contributed by atoms with Crippen LogP contribution in [0, 0.1) is 11.3 Å². The number of nitrogens with zero attached hydrogens (tertiary/aromatic N) is 1. The average molecular weight is 188 g/mol. The molecule has 0 aliphatic heterocycles. The Hall–Kier alpha value is -1.31. The molecule has 2 rings (SSSR count). The molecule has 0 bridgehead atoms. The monoisotopic (exact) mass is 188 g/mol. The van der Waals surface area contributed by atoms with Gasteiger partial charge in [0.05, 0.1) is 0 Å². The van der Waals surface area contributed by atoms with Gasteiger partial charge in [0.25, 0.3) is 0 Å². The molecule has 0 radical (unpaired) electrons. The third-order valence-corrected chi connectivity index (χ3v) is 2.66. The molecular formula is C12H16N2. The zero-order valence-electron chi connectivity index (χ0n) is 8.53. The summed E-state index contributed by atoms with van der Waals surface area (Å²) >= 11 is 0. The second kappa shape index (κ2) is 3.82. The van der Waals surface area contributed by atoms with Crippen LogP contribution in [0.25, 0.3) is 0 Å². The van der Waals surface area contributed by atoms with Crippen molar-refractivity contribution in [2.45, 2.75) is 12.8 Å². The van der Waals surface area contributed by atoms with Crippen molar-refractivity contribution < 1.29 is 0 Å². The molecule has 14 heavy (non-hydrogen) atoms. The predicted molar refractivity (Wildman–Crippen MR) is 58.6 cm³/mol. The summed E-state index contributed by atoms with van der Waals surface area (Å²) in [6.07, 6.45) is 2.68. The van der Waals surface area contributed by atoms with Crippen LogP contribution in [0.5, 0.6) is 0 Å². The maximum absolute atomic E-state index is 7.98. The first-order valence-electron chi connectivity index (χ1n) is 5.12. The predicted octanol–water partition coefficient (Wildman–Crippen LogP) is 2.35. The number of hydrogen-bond donors (Lipinski definition) is 1. The van der Waals surface area contributed by atoms with E-state index in [9.17, 15) is 0 Å². The highest BCUT2D eigenvalue weighted by molar-refractivity contribution is 5.96. The zero-order valence-corrected chi connectivity index (χ0v) is 8.53. The largest absolute Gasteiger partial charge is 0.359 e. The summed E-state index contributed by atoms with van der Waals surface area (Å²) < 4.78 is 0. The number of nitrogens with one attached hydrogen (secondary N) is 1. The minimum Gasteiger partial charge on any atom is -0.359 e. The highest BCUT2D eigenvalue weighted by Gasteiger charge is 2.23. The van der Waals surface area contributed by atoms with Crippen LogP contribution in [0.4, 0.5) is 0 Å². The topological polar surface area (TPSA) is 27.1 Å². The van der Waals surface area contributed by atoms with Crippen LogP contribution < -0.4 is 0 Å². The van der Waals surface area contributed by atoms with Crippen molar-refractivity contribution in [2.75, 3.05) is 13.6 Å². The van der Waals surface area contributed by atoms with Crippen LogP contribution in [-0.4, -0.2) is 24.3 Å². The smallest absolute Gasteiger partial charge is 0.127 e. The van der Waals surface area contributed by atoms with Gasteiger partial charge < -0.3 is 4.90 Å². The van der Waals surface area contributed by atoms with Gasteiger partial charge in [-0.1, -0.05) is 30.3 Å². The lowest BCUT2D eigenvalue weighted by atomic mass is 10.2. The van der Waals surface area contributed by atoms with Crippen LogP contribution in [0.2, 0.25) is 0 Å². The fourth-order valence-corrected chi connectivity index (χ4v) is 1.60. The van der Waals surface area contributed by atoms with E-state index in [4.69, 9.17) is 5.41 Å². The van der Waals surface area contributed by atoms with E-state index in [-0.39, 0.29) is 0 Å². The molecule has 1 aromatic carbocycles. The van der Waals surface area contributed by atoms with Crippen LogP contribution in [0.15, 0.2) is 30.3 Å². The maximum Gasteiger partial charge on any atom is 0.127 e. The summed E-state index contributed by atoms with van der Waals surface area (Å²) in [4.78, 5) is 2.05. The van der Waals surface area contributed by atoms with Gasteiger partial charge in [-0.3, -0.25) is 5.41 Å². The average Bonchev–Trinajstić information content (AvgIpc) is 3.02. The molecule has 0 heterocycles. The molecule has 0 atom stereocenters. The molecule has 1 saturated carbocycles. The molecule has 1 N–H and O–H groups in total. The highest BCUT2D eigenvalue weighted by atomic mass is 15.1. The Morgan fingerprint density at radius 2 is 2.00 bits per heavy atom. The molecule has 74 valence electrons. The molecule has 2 nitrogen and oxygen atoms in total. The van der Waals surface area contributed by atoms with E-state index in [0.29, 0.717) is 5.84 Å². The summed E-state index contributed by atoms with van der Waals surface area (Å²) in [6.45, 7) is 1.04. The number of amidine groups is 1. The standard InChI is InChI=1S/C12H16N2/c1-14(9-10-7-8-10)12(13)11-5-3-2-4-6-11/h2-6,10,13H,7-9H2,1H3. The Morgan fingerprint density at radius 3 is 2.57 bits per heavy atom. The third-order valence-electron chi connectivity index (χ3n) is 2.66. The number of rotatable bonds is 3. The van der Waals surface area contributed by atoms with Crippen molar-refractivity contribution in [2.24, 2.45) is 5.92 Å². The van der Waals surface area contributed by atoms with E-state index in [2.05, 4.69) is 0 Å². The van der Waals surface area contributed by atoms with Gasteiger partial charge in [-0.05, 0) is 18.8 Å².